The molecule has 1 N–H and O–H groups in total. The summed E-state index contributed by atoms with van der Waals surface area (Å²) in [7, 11) is 0. The van der Waals surface area contributed by atoms with Gasteiger partial charge in [0.15, 0.2) is 5.82 Å². The van der Waals surface area contributed by atoms with E-state index in [4.69, 9.17) is 4.52 Å². The Kier molecular flexibility index (Phi) is 3.65. The summed E-state index contributed by atoms with van der Waals surface area (Å²) >= 11 is 0. The SMILES string of the molecule is Cc1ccc(O)c(-c2nc(CCC(C)C)no2)c1. The highest BCUT2D eigenvalue weighted by Gasteiger charge is 2.13. The number of hydrogen-bond acceptors (Lipinski definition) is 4. The zero-order valence-corrected chi connectivity index (χ0v) is 11.0. The number of aromatic nitrogens is 2. The molecular formula is C14H18N2O2. The highest BCUT2D eigenvalue weighted by atomic mass is 16.5. The van der Waals surface area contributed by atoms with E-state index in [9.17, 15) is 5.11 Å². The first-order valence-electron chi connectivity index (χ1n) is 6.19. The van der Waals surface area contributed by atoms with E-state index in [0.717, 1.165) is 18.4 Å². The summed E-state index contributed by atoms with van der Waals surface area (Å²) in [5.41, 5.74) is 1.64. The van der Waals surface area contributed by atoms with Crippen LogP contribution in [0.1, 0.15) is 31.7 Å². The van der Waals surface area contributed by atoms with E-state index in [0.29, 0.717) is 23.2 Å². The van der Waals surface area contributed by atoms with Crippen molar-refractivity contribution in [3.63, 3.8) is 0 Å². The molecule has 4 heteroatoms. The predicted octanol–water partition coefficient (Wildman–Crippen LogP) is 3.34. The van der Waals surface area contributed by atoms with E-state index in [-0.39, 0.29) is 5.75 Å². The van der Waals surface area contributed by atoms with Crippen LogP contribution in [0.5, 0.6) is 5.75 Å². The normalized spacial score (nSPS) is 11.1. The maximum Gasteiger partial charge on any atom is 0.261 e. The van der Waals surface area contributed by atoms with Gasteiger partial charge in [-0.15, -0.1) is 0 Å². The maximum absolute atomic E-state index is 9.79. The molecule has 1 aromatic heterocycles. The van der Waals surface area contributed by atoms with Crippen molar-refractivity contribution in [3.8, 4) is 17.2 Å². The zero-order valence-electron chi connectivity index (χ0n) is 11.0. The molecule has 0 saturated heterocycles. The Balaban J connectivity index is 2.21. The summed E-state index contributed by atoms with van der Waals surface area (Å²) in [6.07, 6.45) is 1.83. The third-order valence-electron chi connectivity index (χ3n) is 2.80. The van der Waals surface area contributed by atoms with Crippen molar-refractivity contribution in [2.45, 2.75) is 33.6 Å². The molecule has 0 amide bonds. The van der Waals surface area contributed by atoms with Crippen LogP contribution in [0.4, 0.5) is 0 Å². The smallest absolute Gasteiger partial charge is 0.261 e. The third-order valence-corrected chi connectivity index (χ3v) is 2.80. The molecule has 2 aromatic rings. The van der Waals surface area contributed by atoms with Gasteiger partial charge in [0.2, 0.25) is 0 Å². The van der Waals surface area contributed by atoms with Gasteiger partial charge in [-0.05, 0) is 31.4 Å². The number of aromatic hydroxyl groups is 1. The number of aryl methyl sites for hydroxylation is 2. The summed E-state index contributed by atoms with van der Waals surface area (Å²) in [4.78, 5) is 4.32. The summed E-state index contributed by atoms with van der Waals surface area (Å²) < 4.78 is 5.20. The van der Waals surface area contributed by atoms with Gasteiger partial charge in [0, 0.05) is 6.42 Å². The Morgan fingerprint density at radius 1 is 1.33 bits per heavy atom. The topological polar surface area (TPSA) is 59.2 Å². The molecule has 0 saturated carbocycles. The molecule has 0 aliphatic heterocycles. The number of phenols is 1. The molecule has 1 aromatic carbocycles. The molecule has 0 spiro atoms. The van der Waals surface area contributed by atoms with Crippen molar-refractivity contribution in [2.75, 3.05) is 0 Å². The lowest BCUT2D eigenvalue weighted by Gasteiger charge is -2.00. The first kappa shape index (κ1) is 12.6. The van der Waals surface area contributed by atoms with E-state index in [1.807, 2.05) is 19.1 Å². The molecule has 0 aliphatic carbocycles. The van der Waals surface area contributed by atoms with Crippen LogP contribution in [0.2, 0.25) is 0 Å². The van der Waals surface area contributed by atoms with E-state index >= 15 is 0 Å². The van der Waals surface area contributed by atoms with Gasteiger partial charge in [0.05, 0.1) is 5.56 Å². The molecule has 96 valence electrons. The van der Waals surface area contributed by atoms with Crippen molar-refractivity contribution in [2.24, 2.45) is 5.92 Å². The second kappa shape index (κ2) is 5.21. The first-order chi connectivity index (χ1) is 8.56. The number of benzene rings is 1. The molecule has 18 heavy (non-hydrogen) atoms. The summed E-state index contributed by atoms with van der Waals surface area (Å²) in [5.74, 6) is 1.86. The van der Waals surface area contributed by atoms with Gasteiger partial charge in [-0.1, -0.05) is 30.6 Å². The number of phenolic OH excluding ortho intramolecular Hbond substituents is 1. The van der Waals surface area contributed by atoms with Crippen molar-refractivity contribution in [3.05, 3.63) is 29.6 Å². The number of nitrogens with zero attached hydrogens (tertiary/aromatic N) is 2. The van der Waals surface area contributed by atoms with E-state index in [2.05, 4.69) is 24.0 Å². The van der Waals surface area contributed by atoms with Crippen LogP contribution in [-0.2, 0) is 6.42 Å². The second-order valence-corrected chi connectivity index (χ2v) is 4.97. The Labute approximate surface area is 107 Å². The van der Waals surface area contributed by atoms with Gasteiger partial charge in [-0.2, -0.15) is 4.98 Å². The number of hydrogen-bond donors (Lipinski definition) is 1. The monoisotopic (exact) mass is 246 g/mol. The minimum atomic E-state index is 0.166. The van der Waals surface area contributed by atoms with Gasteiger partial charge in [-0.3, -0.25) is 0 Å². The van der Waals surface area contributed by atoms with Crippen LogP contribution in [0.25, 0.3) is 11.5 Å². The highest BCUT2D eigenvalue weighted by molar-refractivity contribution is 5.62. The van der Waals surface area contributed by atoms with Crippen LogP contribution < -0.4 is 0 Å². The van der Waals surface area contributed by atoms with Gasteiger partial charge < -0.3 is 9.63 Å². The minimum Gasteiger partial charge on any atom is -0.507 e. The van der Waals surface area contributed by atoms with Crippen molar-refractivity contribution in [1.82, 2.24) is 10.1 Å². The first-order valence-corrected chi connectivity index (χ1v) is 6.19. The van der Waals surface area contributed by atoms with Crippen molar-refractivity contribution < 1.29 is 9.63 Å². The summed E-state index contributed by atoms with van der Waals surface area (Å²) in [6, 6.07) is 5.33. The molecule has 1 heterocycles. The van der Waals surface area contributed by atoms with E-state index < -0.39 is 0 Å². The predicted molar refractivity (Wildman–Crippen MR) is 69.3 cm³/mol. The molecule has 0 bridgehead atoms. The quantitative estimate of drug-likeness (QED) is 0.898. The molecule has 0 radical (unpaired) electrons. The van der Waals surface area contributed by atoms with Crippen molar-refractivity contribution >= 4 is 0 Å². The zero-order chi connectivity index (χ0) is 13.1. The average Bonchev–Trinajstić information content (AvgIpc) is 2.78. The minimum absolute atomic E-state index is 0.166. The van der Waals surface area contributed by atoms with Crippen LogP contribution in [0.15, 0.2) is 22.7 Å². The lowest BCUT2D eigenvalue weighted by atomic mass is 10.1. The van der Waals surface area contributed by atoms with E-state index in [1.54, 1.807) is 6.07 Å². The second-order valence-electron chi connectivity index (χ2n) is 4.97. The fraction of sp³-hybridized carbons (Fsp3) is 0.429. The Morgan fingerprint density at radius 3 is 2.83 bits per heavy atom. The molecule has 0 fully saturated rings. The maximum atomic E-state index is 9.79. The lowest BCUT2D eigenvalue weighted by molar-refractivity contribution is 0.414. The van der Waals surface area contributed by atoms with Crippen LogP contribution in [0.3, 0.4) is 0 Å². The van der Waals surface area contributed by atoms with Crippen LogP contribution in [0, 0.1) is 12.8 Å². The fourth-order valence-corrected chi connectivity index (χ4v) is 1.70. The Bertz CT molecular complexity index is 532. The number of rotatable bonds is 4. The van der Waals surface area contributed by atoms with Gasteiger partial charge in [0.1, 0.15) is 5.75 Å². The molecule has 0 aliphatic rings. The average molecular weight is 246 g/mol. The molecule has 4 nitrogen and oxygen atoms in total. The molecule has 0 atom stereocenters. The van der Waals surface area contributed by atoms with Crippen LogP contribution in [-0.4, -0.2) is 15.2 Å². The van der Waals surface area contributed by atoms with Crippen LogP contribution >= 0.6 is 0 Å². The third kappa shape index (κ3) is 2.88. The molecule has 2 rings (SSSR count). The molecular weight excluding hydrogens is 228 g/mol. The standard InChI is InChI=1S/C14H18N2O2/c1-9(2)4-7-13-15-14(18-16-13)11-8-10(3)5-6-12(11)17/h5-6,8-9,17H,4,7H2,1-3H3. The largest absolute Gasteiger partial charge is 0.507 e. The van der Waals surface area contributed by atoms with Gasteiger partial charge in [-0.25, -0.2) is 0 Å². The van der Waals surface area contributed by atoms with Gasteiger partial charge in [0.25, 0.3) is 5.89 Å². The Hall–Kier alpha value is -1.84. The summed E-state index contributed by atoms with van der Waals surface area (Å²) in [6.45, 7) is 6.28. The lowest BCUT2D eigenvalue weighted by Crippen LogP contribution is -1.94. The van der Waals surface area contributed by atoms with Crippen molar-refractivity contribution in [1.29, 1.82) is 0 Å². The molecule has 0 unspecified atom stereocenters. The van der Waals surface area contributed by atoms with E-state index in [1.165, 1.54) is 0 Å². The summed E-state index contributed by atoms with van der Waals surface area (Å²) in [5, 5.41) is 13.7. The Morgan fingerprint density at radius 2 is 2.11 bits per heavy atom. The highest BCUT2D eigenvalue weighted by Crippen LogP contribution is 2.28. The van der Waals surface area contributed by atoms with Gasteiger partial charge >= 0.3 is 0 Å². The fourth-order valence-electron chi connectivity index (χ4n) is 1.70.